The molecule has 84 valence electrons. The van der Waals surface area contributed by atoms with Gasteiger partial charge in [-0.3, -0.25) is 0 Å². The first-order valence-electron chi connectivity index (χ1n) is 4.78. The Morgan fingerprint density at radius 2 is 1.94 bits per heavy atom. The van der Waals surface area contributed by atoms with Gasteiger partial charge in [-0.2, -0.15) is 5.26 Å². The molecule has 1 aromatic carbocycles. The number of anilines is 1. The zero-order valence-corrected chi connectivity index (χ0v) is 10.3. The van der Waals surface area contributed by atoms with Gasteiger partial charge in [-0.05, 0) is 30.3 Å². The van der Waals surface area contributed by atoms with Crippen LogP contribution in [0.2, 0.25) is 5.02 Å². The average molecular weight is 262 g/mol. The highest BCUT2D eigenvalue weighted by Crippen LogP contribution is 2.32. The number of nitrogens with two attached hydrogens (primary N) is 1. The summed E-state index contributed by atoms with van der Waals surface area (Å²) in [7, 11) is 0. The molecule has 0 amide bonds. The zero-order chi connectivity index (χ0) is 12.3. The molecule has 1 heterocycles. The third kappa shape index (κ3) is 2.70. The molecule has 2 N–H and O–H groups in total. The molecule has 0 aliphatic carbocycles. The van der Waals surface area contributed by atoms with Crippen LogP contribution in [0.3, 0.4) is 0 Å². The lowest BCUT2D eigenvalue weighted by atomic mass is 10.2. The van der Waals surface area contributed by atoms with Gasteiger partial charge < -0.3 is 5.73 Å². The standard InChI is InChI=1S/C12H8ClN3S/c13-9-1-3-10(4-2-9)17-12-11(15)8(7-14)5-6-16-12/h1-6H,15H2. The summed E-state index contributed by atoms with van der Waals surface area (Å²) in [5.74, 6) is 0. The monoisotopic (exact) mass is 261 g/mol. The molecule has 1 aromatic heterocycles. The number of nitrogen functional groups attached to an aromatic ring is 1. The van der Waals surface area contributed by atoms with Crippen molar-refractivity contribution >= 4 is 29.1 Å². The van der Waals surface area contributed by atoms with Crippen LogP contribution in [0.4, 0.5) is 5.69 Å². The Morgan fingerprint density at radius 3 is 2.59 bits per heavy atom. The van der Waals surface area contributed by atoms with Crippen molar-refractivity contribution in [1.82, 2.24) is 4.98 Å². The van der Waals surface area contributed by atoms with Crippen LogP contribution in [-0.4, -0.2) is 4.98 Å². The smallest absolute Gasteiger partial charge is 0.125 e. The second kappa shape index (κ2) is 5.09. The van der Waals surface area contributed by atoms with Gasteiger partial charge in [-0.25, -0.2) is 4.98 Å². The minimum atomic E-state index is 0.412. The predicted molar refractivity (Wildman–Crippen MR) is 68.9 cm³/mol. The molecule has 0 radical (unpaired) electrons. The van der Waals surface area contributed by atoms with Crippen molar-refractivity contribution in [3.63, 3.8) is 0 Å². The molecule has 0 saturated heterocycles. The second-order valence-electron chi connectivity index (χ2n) is 3.25. The third-order valence-electron chi connectivity index (χ3n) is 2.10. The molecule has 3 nitrogen and oxygen atoms in total. The van der Waals surface area contributed by atoms with E-state index in [1.54, 1.807) is 24.4 Å². The maximum Gasteiger partial charge on any atom is 0.125 e. The van der Waals surface area contributed by atoms with Crippen LogP contribution in [0.5, 0.6) is 0 Å². The van der Waals surface area contributed by atoms with Crippen LogP contribution >= 0.6 is 23.4 Å². The zero-order valence-electron chi connectivity index (χ0n) is 8.72. The number of hydrogen-bond acceptors (Lipinski definition) is 4. The third-order valence-corrected chi connectivity index (χ3v) is 3.38. The highest BCUT2D eigenvalue weighted by atomic mass is 35.5. The van der Waals surface area contributed by atoms with E-state index in [0.717, 1.165) is 4.90 Å². The van der Waals surface area contributed by atoms with Crippen LogP contribution < -0.4 is 5.73 Å². The van der Waals surface area contributed by atoms with Gasteiger partial charge in [0, 0.05) is 16.1 Å². The molecule has 0 bridgehead atoms. The fourth-order valence-electron chi connectivity index (χ4n) is 1.25. The molecule has 0 saturated carbocycles. The minimum absolute atomic E-state index is 0.412. The van der Waals surface area contributed by atoms with E-state index in [1.165, 1.54) is 11.8 Å². The topological polar surface area (TPSA) is 62.7 Å². The van der Waals surface area contributed by atoms with Gasteiger partial charge in [-0.15, -0.1) is 0 Å². The molecule has 0 fully saturated rings. The van der Waals surface area contributed by atoms with Gasteiger partial charge in [0.25, 0.3) is 0 Å². The van der Waals surface area contributed by atoms with E-state index in [0.29, 0.717) is 21.3 Å². The maximum absolute atomic E-state index is 8.86. The Bertz CT molecular complexity index is 575. The van der Waals surface area contributed by atoms with E-state index >= 15 is 0 Å². The fourth-order valence-corrected chi connectivity index (χ4v) is 2.20. The molecule has 0 unspecified atom stereocenters. The molecule has 0 aliphatic rings. The van der Waals surface area contributed by atoms with Crippen molar-refractivity contribution < 1.29 is 0 Å². The molecular weight excluding hydrogens is 254 g/mol. The molecular formula is C12H8ClN3S. The first kappa shape index (κ1) is 11.8. The quantitative estimate of drug-likeness (QED) is 0.901. The summed E-state index contributed by atoms with van der Waals surface area (Å²) in [6.07, 6.45) is 1.58. The van der Waals surface area contributed by atoms with Crippen molar-refractivity contribution in [2.24, 2.45) is 0 Å². The summed E-state index contributed by atoms with van der Waals surface area (Å²) in [5, 5.41) is 10.2. The second-order valence-corrected chi connectivity index (χ2v) is 4.74. The maximum atomic E-state index is 8.86. The first-order chi connectivity index (χ1) is 8.20. The summed E-state index contributed by atoms with van der Waals surface area (Å²) in [5.41, 5.74) is 6.69. The van der Waals surface area contributed by atoms with Crippen molar-refractivity contribution in [2.75, 3.05) is 5.73 Å². The van der Waals surface area contributed by atoms with Gasteiger partial charge in [-0.1, -0.05) is 23.4 Å². The van der Waals surface area contributed by atoms with Gasteiger partial charge in [0.15, 0.2) is 0 Å². The summed E-state index contributed by atoms with van der Waals surface area (Å²) < 4.78 is 0. The number of hydrogen-bond donors (Lipinski definition) is 1. The van der Waals surface area contributed by atoms with E-state index in [2.05, 4.69) is 4.98 Å². The number of nitriles is 1. The van der Waals surface area contributed by atoms with E-state index in [9.17, 15) is 0 Å². The number of benzene rings is 1. The van der Waals surface area contributed by atoms with E-state index in [1.807, 2.05) is 18.2 Å². The average Bonchev–Trinajstić information content (AvgIpc) is 2.35. The van der Waals surface area contributed by atoms with Crippen LogP contribution in [0.1, 0.15) is 5.56 Å². The molecule has 5 heteroatoms. The van der Waals surface area contributed by atoms with Crippen LogP contribution in [0, 0.1) is 11.3 Å². The summed E-state index contributed by atoms with van der Waals surface area (Å²) in [6.45, 7) is 0. The Morgan fingerprint density at radius 1 is 1.24 bits per heavy atom. The number of halogens is 1. The SMILES string of the molecule is N#Cc1ccnc(Sc2ccc(Cl)cc2)c1N. The molecule has 17 heavy (non-hydrogen) atoms. The first-order valence-corrected chi connectivity index (χ1v) is 5.98. The van der Waals surface area contributed by atoms with Crippen LogP contribution in [0.15, 0.2) is 46.5 Å². The largest absolute Gasteiger partial charge is 0.395 e. The lowest BCUT2D eigenvalue weighted by molar-refractivity contribution is 1.13. The molecule has 0 spiro atoms. The Labute approximate surface area is 108 Å². The van der Waals surface area contributed by atoms with Crippen LogP contribution in [0.25, 0.3) is 0 Å². The van der Waals surface area contributed by atoms with E-state index < -0.39 is 0 Å². The highest BCUT2D eigenvalue weighted by molar-refractivity contribution is 7.99. The van der Waals surface area contributed by atoms with Gasteiger partial charge in [0.2, 0.25) is 0 Å². The highest BCUT2D eigenvalue weighted by Gasteiger charge is 2.07. The Balaban J connectivity index is 2.31. The number of aromatic nitrogens is 1. The fraction of sp³-hybridized carbons (Fsp3) is 0. The summed E-state index contributed by atoms with van der Waals surface area (Å²) >= 11 is 7.21. The molecule has 2 aromatic rings. The molecule has 0 atom stereocenters. The van der Waals surface area contributed by atoms with Crippen molar-refractivity contribution in [2.45, 2.75) is 9.92 Å². The minimum Gasteiger partial charge on any atom is -0.395 e. The Hall–Kier alpha value is -1.70. The van der Waals surface area contributed by atoms with Crippen molar-refractivity contribution in [1.29, 1.82) is 5.26 Å². The Kier molecular flexibility index (Phi) is 3.52. The molecule has 2 rings (SSSR count). The van der Waals surface area contributed by atoms with Gasteiger partial charge in [0.05, 0.1) is 11.3 Å². The number of pyridine rings is 1. The van der Waals surface area contributed by atoms with Gasteiger partial charge in [0.1, 0.15) is 11.1 Å². The number of nitrogens with zero attached hydrogens (tertiary/aromatic N) is 2. The summed E-state index contributed by atoms with van der Waals surface area (Å²) in [6, 6.07) is 11.0. The lowest BCUT2D eigenvalue weighted by Gasteiger charge is -2.05. The number of rotatable bonds is 2. The van der Waals surface area contributed by atoms with E-state index in [-0.39, 0.29) is 0 Å². The predicted octanol–water partition coefficient (Wildman–Crippen LogP) is 3.34. The van der Waals surface area contributed by atoms with Crippen LogP contribution in [-0.2, 0) is 0 Å². The summed E-state index contributed by atoms with van der Waals surface area (Å²) in [4.78, 5) is 5.13. The van der Waals surface area contributed by atoms with Gasteiger partial charge >= 0.3 is 0 Å². The lowest BCUT2D eigenvalue weighted by Crippen LogP contribution is -1.95. The molecule has 0 aliphatic heterocycles. The van der Waals surface area contributed by atoms with Crippen molar-refractivity contribution in [3.05, 3.63) is 47.1 Å². The van der Waals surface area contributed by atoms with Crippen molar-refractivity contribution in [3.8, 4) is 6.07 Å². The normalized spacial score (nSPS) is 9.88. The van der Waals surface area contributed by atoms with E-state index in [4.69, 9.17) is 22.6 Å².